The summed E-state index contributed by atoms with van der Waals surface area (Å²) in [6.07, 6.45) is 2.20. The summed E-state index contributed by atoms with van der Waals surface area (Å²) >= 11 is 4.89. The number of nitrogens with zero attached hydrogens (tertiary/aromatic N) is 5. The highest BCUT2D eigenvalue weighted by Gasteiger charge is 2.26. The van der Waals surface area contributed by atoms with Crippen molar-refractivity contribution in [3.05, 3.63) is 15.6 Å². The SMILES string of the molecule is Cc1nc(C2CCCN(c3nnc(Br)s3)C2)no1. The molecule has 0 radical (unpaired) electrons. The van der Waals surface area contributed by atoms with Crippen LogP contribution in [0.25, 0.3) is 0 Å². The van der Waals surface area contributed by atoms with Gasteiger partial charge in [-0.15, -0.1) is 10.2 Å². The fraction of sp³-hybridized carbons (Fsp3) is 0.600. The molecule has 18 heavy (non-hydrogen) atoms. The molecule has 0 saturated carbocycles. The maximum Gasteiger partial charge on any atom is 0.223 e. The summed E-state index contributed by atoms with van der Waals surface area (Å²) in [6.45, 7) is 3.70. The van der Waals surface area contributed by atoms with Crippen LogP contribution in [0.5, 0.6) is 0 Å². The van der Waals surface area contributed by atoms with Crippen LogP contribution < -0.4 is 4.90 Å². The van der Waals surface area contributed by atoms with Crippen molar-refractivity contribution in [2.45, 2.75) is 25.7 Å². The third-order valence-electron chi connectivity index (χ3n) is 2.99. The van der Waals surface area contributed by atoms with E-state index in [0.29, 0.717) is 11.8 Å². The van der Waals surface area contributed by atoms with Crippen LogP contribution in [0.15, 0.2) is 8.44 Å². The average molecular weight is 330 g/mol. The van der Waals surface area contributed by atoms with Gasteiger partial charge in [-0.2, -0.15) is 4.98 Å². The molecule has 1 unspecified atom stereocenters. The van der Waals surface area contributed by atoms with Gasteiger partial charge in [-0.3, -0.25) is 0 Å². The lowest BCUT2D eigenvalue weighted by molar-refractivity contribution is 0.377. The minimum absolute atomic E-state index is 0.318. The minimum Gasteiger partial charge on any atom is -0.346 e. The van der Waals surface area contributed by atoms with Crippen molar-refractivity contribution in [3.8, 4) is 0 Å². The van der Waals surface area contributed by atoms with Gasteiger partial charge >= 0.3 is 0 Å². The Balaban J connectivity index is 1.76. The molecule has 1 atom stereocenters. The molecule has 3 heterocycles. The second-order valence-corrected chi connectivity index (χ2v) is 6.53. The van der Waals surface area contributed by atoms with Crippen LogP contribution in [0.1, 0.15) is 30.5 Å². The van der Waals surface area contributed by atoms with Gasteiger partial charge in [0.05, 0.1) is 0 Å². The van der Waals surface area contributed by atoms with E-state index in [0.717, 1.165) is 40.8 Å². The van der Waals surface area contributed by atoms with Gasteiger partial charge in [-0.05, 0) is 28.8 Å². The van der Waals surface area contributed by atoms with Gasteiger partial charge in [0.1, 0.15) is 0 Å². The lowest BCUT2D eigenvalue weighted by atomic mass is 9.98. The molecular formula is C10H12BrN5OS. The molecule has 8 heteroatoms. The molecule has 96 valence electrons. The summed E-state index contributed by atoms with van der Waals surface area (Å²) in [4.78, 5) is 6.56. The largest absolute Gasteiger partial charge is 0.346 e. The summed E-state index contributed by atoms with van der Waals surface area (Å²) < 4.78 is 5.87. The Bertz CT molecular complexity index is 496. The van der Waals surface area contributed by atoms with Gasteiger partial charge < -0.3 is 9.42 Å². The van der Waals surface area contributed by atoms with E-state index in [2.05, 4.69) is 41.2 Å². The predicted octanol–water partition coefficient (Wildman–Crippen LogP) is 2.38. The highest BCUT2D eigenvalue weighted by molar-refractivity contribution is 9.11. The first-order valence-electron chi connectivity index (χ1n) is 5.76. The van der Waals surface area contributed by atoms with Gasteiger partial charge in [0, 0.05) is 25.9 Å². The van der Waals surface area contributed by atoms with Crippen molar-refractivity contribution >= 4 is 32.4 Å². The Kier molecular flexibility index (Phi) is 3.29. The molecule has 0 spiro atoms. The molecule has 1 saturated heterocycles. The topological polar surface area (TPSA) is 67.9 Å². The number of piperidine rings is 1. The first kappa shape index (κ1) is 12.0. The van der Waals surface area contributed by atoms with E-state index >= 15 is 0 Å². The highest BCUT2D eigenvalue weighted by Crippen LogP contribution is 2.31. The zero-order valence-corrected chi connectivity index (χ0v) is 12.2. The zero-order chi connectivity index (χ0) is 12.5. The Hall–Kier alpha value is -1.02. The molecule has 2 aromatic rings. The molecule has 1 aliphatic heterocycles. The lowest BCUT2D eigenvalue weighted by Crippen LogP contribution is -2.34. The fourth-order valence-electron chi connectivity index (χ4n) is 2.17. The summed E-state index contributed by atoms with van der Waals surface area (Å²) in [5.41, 5.74) is 0. The van der Waals surface area contributed by atoms with Crippen LogP contribution >= 0.6 is 27.3 Å². The van der Waals surface area contributed by atoms with E-state index < -0.39 is 0 Å². The first-order chi connectivity index (χ1) is 8.72. The normalized spacial score (nSPS) is 20.3. The minimum atomic E-state index is 0.318. The third kappa shape index (κ3) is 2.39. The lowest BCUT2D eigenvalue weighted by Gasteiger charge is -2.30. The molecule has 0 aromatic carbocycles. The molecule has 0 aliphatic carbocycles. The van der Waals surface area contributed by atoms with Gasteiger partial charge in [0.25, 0.3) is 0 Å². The second-order valence-electron chi connectivity index (χ2n) is 4.29. The zero-order valence-electron chi connectivity index (χ0n) is 9.84. The Morgan fingerprint density at radius 2 is 2.33 bits per heavy atom. The number of aryl methyl sites for hydroxylation is 1. The summed E-state index contributed by atoms with van der Waals surface area (Å²) in [6, 6.07) is 0. The summed E-state index contributed by atoms with van der Waals surface area (Å²) in [5, 5.41) is 13.1. The number of anilines is 1. The monoisotopic (exact) mass is 329 g/mol. The van der Waals surface area contributed by atoms with Crippen LogP contribution in [0.4, 0.5) is 5.13 Å². The second kappa shape index (κ2) is 4.93. The van der Waals surface area contributed by atoms with Crippen molar-refractivity contribution in [2.24, 2.45) is 0 Å². The quantitative estimate of drug-likeness (QED) is 0.842. The molecule has 0 bridgehead atoms. The van der Waals surface area contributed by atoms with Crippen LogP contribution in [-0.2, 0) is 0 Å². The number of halogens is 1. The number of hydrogen-bond donors (Lipinski definition) is 0. The van der Waals surface area contributed by atoms with E-state index in [-0.39, 0.29) is 0 Å². The third-order valence-corrected chi connectivity index (χ3v) is 4.41. The molecule has 3 rings (SSSR count). The number of hydrogen-bond acceptors (Lipinski definition) is 7. The van der Waals surface area contributed by atoms with E-state index in [1.54, 1.807) is 11.3 Å². The molecule has 6 nitrogen and oxygen atoms in total. The molecule has 0 amide bonds. The Morgan fingerprint density at radius 3 is 3.00 bits per heavy atom. The first-order valence-corrected chi connectivity index (χ1v) is 7.37. The smallest absolute Gasteiger partial charge is 0.223 e. The van der Waals surface area contributed by atoms with Crippen LogP contribution in [0.3, 0.4) is 0 Å². The number of rotatable bonds is 2. The van der Waals surface area contributed by atoms with E-state index in [1.165, 1.54) is 0 Å². The van der Waals surface area contributed by atoms with Crippen molar-refractivity contribution in [1.29, 1.82) is 0 Å². The number of aromatic nitrogens is 4. The molecule has 1 aliphatic rings. The summed E-state index contributed by atoms with van der Waals surface area (Å²) in [7, 11) is 0. The van der Waals surface area contributed by atoms with E-state index in [9.17, 15) is 0 Å². The van der Waals surface area contributed by atoms with E-state index in [1.807, 2.05) is 6.92 Å². The van der Waals surface area contributed by atoms with Gasteiger partial charge in [-0.25, -0.2) is 0 Å². The highest BCUT2D eigenvalue weighted by atomic mass is 79.9. The maximum absolute atomic E-state index is 5.05. The van der Waals surface area contributed by atoms with Gasteiger partial charge in [-0.1, -0.05) is 16.5 Å². The Labute approximate surface area is 117 Å². The van der Waals surface area contributed by atoms with E-state index in [4.69, 9.17) is 4.52 Å². The summed E-state index contributed by atoms with van der Waals surface area (Å²) in [5.74, 6) is 1.75. The maximum atomic E-state index is 5.05. The average Bonchev–Trinajstić information content (AvgIpc) is 2.98. The fourth-order valence-corrected chi connectivity index (χ4v) is 3.29. The van der Waals surface area contributed by atoms with Gasteiger partial charge in [0.2, 0.25) is 11.0 Å². The van der Waals surface area contributed by atoms with Gasteiger partial charge in [0.15, 0.2) is 9.74 Å². The van der Waals surface area contributed by atoms with Crippen molar-refractivity contribution < 1.29 is 4.52 Å². The van der Waals surface area contributed by atoms with Crippen LogP contribution in [-0.4, -0.2) is 33.4 Å². The Morgan fingerprint density at radius 1 is 1.44 bits per heavy atom. The van der Waals surface area contributed by atoms with Crippen molar-refractivity contribution in [3.63, 3.8) is 0 Å². The molecule has 2 aromatic heterocycles. The molecule has 1 fully saturated rings. The van der Waals surface area contributed by atoms with Crippen molar-refractivity contribution in [2.75, 3.05) is 18.0 Å². The van der Waals surface area contributed by atoms with Crippen LogP contribution in [0.2, 0.25) is 0 Å². The van der Waals surface area contributed by atoms with Crippen LogP contribution in [0, 0.1) is 6.92 Å². The predicted molar refractivity (Wildman–Crippen MR) is 70.8 cm³/mol. The standard InChI is InChI=1S/C10H12BrN5OS/c1-6-12-8(15-17-6)7-3-2-4-16(5-7)10-14-13-9(11)18-10/h7H,2-5H2,1H3. The van der Waals surface area contributed by atoms with Crippen molar-refractivity contribution in [1.82, 2.24) is 20.3 Å². The molecule has 0 N–H and O–H groups in total. The molecular weight excluding hydrogens is 318 g/mol.